The van der Waals surface area contributed by atoms with Gasteiger partial charge in [0.2, 0.25) is 0 Å². The maximum Gasteiger partial charge on any atom is 0.306 e. The van der Waals surface area contributed by atoms with Crippen molar-refractivity contribution in [3.8, 4) is 0 Å². The number of hydrogen-bond acceptors (Lipinski definition) is 2. The third-order valence-corrected chi connectivity index (χ3v) is 2.44. The summed E-state index contributed by atoms with van der Waals surface area (Å²) in [6.07, 6.45) is -0.302. The van der Waals surface area contributed by atoms with Gasteiger partial charge in [-0.25, -0.2) is 0 Å². The largest absolute Gasteiger partial charge is 0.481 e. The molecule has 14 heavy (non-hydrogen) atoms. The first-order valence-electron chi connectivity index (χ1n) is 4.12. The van der Waals surface area contributed by atoms with Crippen molar-refractivity contribution in [2.24, 2.45) is 0 Å². The highest BCUT2D eigenvalue weighted by molar-refractivity contribution is 9.10. The standard InChI is InChI=1S/C10H11BrO3/c1-10(14,6-9(12)13)7-3-2-4-8(11)5-7/h2-5,14H,6H2,1H3,(H,12,13). The number of benzene rings is 1. The van der Waals surface area contributed by atoms with Crippen molar-refractivity contribution in [3.63, 3.8) is 0 Å². The topological polar surface area (TPSA) is 57.5 Å². The molecule has 1 atom stereocenters. The van der Waals surface area contributed by atoms with Crippen molar-refractivity contribution in [1.29, 1.82) is 0 Å². The molecule has 76 valence electrons. The van der Waals surface area contributed by atoms with E-state index >= 15 is 0 Å². The van der Waals surface area contributed by atoms with Crippen LogP contribution in [0.2, 0.25) is 0 Å². The van der Waals surface area contributed by atoms with Crippen molar-refractivity contribution in [2.45, 2.75) is 18.9 Å². The molecule has 0 aliphatic rings. The number of halogens is 1. The number of rotatable bonds is 3. The maximum absolute atomic E-state index is 10.5. The maximum atomic E-state index is 10.5. The molecule has 0 aromatic heterocycles. The Morgan fingerprint density at radius 1 is 1.57 bits per heavy atom. The zero-order valence-corrected chi connectivity index (χ0v) is 9.28. The Morgan fingerprint density at radius 2 is 2.21 bits per heavy atom. The summed E-state index contributed by atoms with van der Waals surface area (Å²) in [5.74, 6) is -1.02. The van der Waals surface area contributed by atoms with Crippen LogP contribution >= 0.6 is 15.9 Å². The molecule has 1 unspecified atom stereocenters. The zero-order valence-electron chi connectivity index (χ0n) is 7.70. The molecule has 0 radical (unpaired) electrons. The summed E-state index contributed by atoms with van der Waals surface area (Å²) in [7, 11) is 0. The van der Waals surface area contributed by atoms with Crippen LogP contribution in [0.25, 0.3) is 0 Å². The fraction of sp³-hybridized carbons (Fsp3) is 0.300. The molecule has 1 aromatic carbocycles. The predicted octanol–water partition coefficient (Wildman–Crippen LogP) is 2.13. The van der Waals surface area contributed by atoms with Crippen molar-refractivity contribution < 1.29 is 15.0 Å². The molecular formula is C10H11BrO3. The first-order valence-corrected chi connectivity index (χ1v) is 4.91. The monoisotopic (exact) mass is 258 g/mol. The van der Waals surface area contributed by atoms with Crippen LogP contribution in [-0.2, 0) is 10.4 Å². The van der Waals surface area contributed by atoms with Gasteiger partial charge in [0.1, 0.15) is 0 Å². The Bertz CT molecular complexity index is 347. The number of carboxylic acid groups (broad SMARTS) is 1. The summed E-state index contributed by atoms with van der Waals surface area (Å²) in [5, 5.41) is 18.5. The van der Waals surface area contributed by atoms with Crippen molar-refractivity contribution in [3.05, 3.63) is 34.3 Å². The number of aliphatic carboxylic acids is 1. The van der Waals surface area contributed by atoms with E-state index in [1.165, 1.54) is 6.92 Å². The first-order chi connectivity index (χ1) is 6.42. The molecule has 0 amide bonds. The van der Waals surface area contributed by atoms with Gasteiger partial charge in [0, 0.05) is 4.47 Å². The summed E-state index contributed by atoms with van der Waals surface area (Å²) < 4.78 is 0.820. The number of hydrogen-bond donors (Lipinski definition) is 2. The Hall–Kier alpha value is -0.870. The van der Waals surface area contributed by atoms with Gasteiger partial charge < -0.3 is 10.2 Å². The minimum atomic E-state index is -1.32. The van der Waals surface area contributed by atoms with Crippen LogP contribution in [0.5, 0.6) is 0 Å². The van der Waals surface area contributed by atoms with Crippen LogP contribution in [0.1, 0.15) is 18.9 Å². The molecule has 4 heteroatoms. The second kappa shape index (κ2) is 4.11. The smallest absolute Gasteiger partial charge is 0.306 e. The fourth-order valence-electron chi connectivity index (χ4n) is 1.22. The summed E-state index contributed by atoms with van der Waals surface area (Å²) in [6, 6.07) is 6.99. The molecule has 0 bridgehead atoms. The molecule has 0 saturated carbocycles. The number of aliphatic hydroxyl groups is 1. The van der Waals surface area contributed by atoms with Gasteiger partial charge in [-0.15, -0.1) is 0 Å². The molecule has 2 N–H and O–H groups in total. The van der Waals surface area contributed by atoms with Gasteiger partial charge in [0.15, 0.2) is 0 Å². The van der Waals surface area contributed by atoms with Gasteiger partial charge in [-0.3, -0.25) is 4.79 Å². The Kier molecular flexibility index (Phi) is 3.29. The van der Waals surface area contributed by atoms with E-state index in [0.717, 1.165) is 4.47 Å². The Balaban J connectivity index is 2.97. The fourth-order valence-corrected chi connectivity index (χ4v) is 1.62. The van der Waals surface area contributed by atoms with Crippen LogP contribution in [0.3, 0.4) is 0 Å². The average Bonchev–Trinajstić information content (AvgIpc) is 2.01. The molecule has 1 rings (SSSR count). The molecule has 0 heterocycles. The van der Waals surface area contributed by atoms with Gasteiger partial charge >= 0.3 is 5.97 Å². The molecule has 1 aromatic rings. The van der Waals surface area contributed by atoms with Gasteiger partial charge in [-0.05, 0) is 24.6 Å². The van der Waals surface area contributed by atoms with Gasteiger partial charge in [-0.2, -0.15) is 0 Å². The molecule has 3 nitrogen and oxygen atoms in total. The zero-order chi connectivity index (χ0) is 10.8. The highest BCUT2D eigenvalue weighted by Crippen LogP contribution is 2.26. The Labute approximate surface area is 90.5 Å². The lowest BCUT2D eigenvalue weighted by Gasteiger charge is -2.21. The SMILES string of the molecule is CC(O)(CC(=O)O)c1cccc(Br)c1. The average molecular weight is 259 g/mol. The molecule has 0 aliphatic carbocycles. The van der Waals surface area contributed by atoms with E-state index in [9.17, 15) is 9.90 Å². The molecule has 0 spiro atoms. The summed E-state index contributed by atoms with van der Waals surface area (Å²) in [5.41, 5.74) is -0.732. The highest BCUT2D eigenvalue weighted by Gasteiger charge is 2.26. The van der Waals surface area contributed by atoms with Gasteiger partial charge in [0.25, 0.3) is 0 Å². The number of carboxylic acids is 1. The van der Waals surface area contributed by atoms with E-state index in [1.54, 1.807) is 18.2 Å². The van der Waals surface area contributed by atoms with Crippen molar-refractivity contribution >= 4 is 21.9 Å². The van der Waals surface area contributed by atoms with Crippen LogP contribution < -0.4 is 0 Å². The predicted molar refractivity (Wildman–Crippen MR) is 56.0 cm³/mol. The van der Waals surface area contributed by atoms with E-state index in [4.69, 9.17) is 5.11 Å². The van der Waals surface area contributed by atoms with Gasteiger partial charge in [0.05, 0.1) is 12.0 Å². The molecule has 0 saturated heterocycles. The lowest BCUT2D eigenvalue weighted by molar-refractivity contribution is -0.142. The van der Waals surface area contributed by atoms with E-state index in [1.807, 2.05) is 6.07 Å². The first kappa shape index (κ1) is 11.2. The van der Waals surface area contributed by atoms with Crippen molar-refractivity contribution in [2.75, 3.05) is 0 Å². The van der Waals surface area contributed by atoms with Crippen LogP contribution in [0.15, 0.2) is 28.7 Å². The molecular weight excluding hydrogens is 248 g/mol. The minimum absolute atomic E-state index is 0.302. The van der Waals surface area contributed by atoms with E-state index in [0.29, 0.717) is 5.56 Å². The summed E-state index contributed by atoms with van der Waals surface area (Å²) in [4.78, 5) is 10.5. The van der Waals surface area contributed by atoms with E-state index in [2.05, 4.69) is 15.9 Å². The normalized spacial score (nSPS) is 14.8. The minimum Gasteiger partial charge on any atom is -0.481 e. The third kappa shape index (κ3) is 2.82. The molecule has 0 aliphatic heterocycles. The van der Waals surface area contributed by atoms with Crippen molar-refractivity contribution in [1.82, 2.24) is 0 Å². The van der Waals surface area contributed by atoms with Crippen LogP contribution in [0.4, 0.5) is 0 Å². The lowest BCUT2D eigenvalue weighted by atomic mass is 9.93. The lowest BCUT2D eigenvalue weighted by Crippen LogP contribution is -2.24. The second-order valence-corrected chi connectivity index (χ2v) is 4.27. The summed E-state index contributed by atoms with van der Waals surface area (Å²) in [6.45, 7) is 1.49. The van der Waals surface area contributed by atoms with E-state index in [-0.39, 0.29) is 6.42 Å². The van der Waals surface area contributed by atoms with Gasteiger partial charge in [-0.1, -0.05) is 28.1 Å². The third-order valence-electron chi connectivity index (χ3n) is 1.94. The highest BCUT2D eigenvalue weighted by atomic mass is 79.9. The second-order valence-electron chi connectivity index (χ2n) is 3.35. The number of carbonyl (C=O) groups is 1. The molecule has 0 fully saturated rings. The Morgan fingerprint density at radius 3 is 2.71 bits per heavy atom. The van der Waals surface area contributed by atoms with Crippen LogP contribution in [-0.4, -0.2) is 16.2 Å². The quantitative estimate of drug-likeness (QED) is 0.874. The summed E-state index contributed by atoms with van der Waals surface area (Å²) >= 11 is 3.26. The van der Waals surface area contributed by atoms with Crippen LogP contribution in [0, 0.1) is 0 Å². The van der Waals surface area contributed by atoms with E-state index < -0.39 is 11.6 Å².